The first-order valence-corrected chi connectivity index (χ1v) is 6.35. The topological polar surface area (TPSA) is 59.2 Å². The molecule has 1 fully saturated rings. The van der Waals surface area contributed by atoms with Gasteiger partial charge in [0.1, 0.15) is 11.5 Å². The molecule has 2 rings (SSSR count). The molecule has 1 aromatic rings. The highest BCUT2D eigenvalue weighted by atomic mass is 19.1. The van der Waals surface area contributed by atoms with Gasteiger partial charge >= 0.3 is 0 Å². The number of pyridine rings is 1. The van der Waals surface area contributed by atoms with Crippen LogP contribution in [0.25, 0.3) is 0 Å². The van der Waals surface area contributed by atoms with Crippen LogP contribution in [0.4, 0.5) is 4.39 Å². The number of hydrogen-bond donors (Lipinski definition) is 1. The molecular weight excluding hydrogens is 233 g/mol. The summed E-state index contributed by atoms with van der Waals surface area (Å²) in [4.78, 5) is 17.9. The van der Waals surface area contributed by atoms with E-state index < -0.39 is 5.82 Å². The van der Waals surface area contributed by atoms with Crippen LogP contribution in [0.3, 0.4) is 0 Å². The predicted molar refractivity (Wildman–Crippen MR) is 66.5 cm³/mol. The number of nitrogens with zero attached hydrogens (tertiary/aromatic N) is 2. The molecule has 0 aliphatic heterocycles. The van der Waals surface area contributed by atoms with Crippen molar-refractivity contribution >= 4 is 5.91 Å². The standard InChI is InChI=1S/C13H18FN3O/c14-10-5-6-12(16-9-10)13(18)17(8-7-15)11-3-1-2-4-11/h5-6,9,11H,1-4,7-8,15H2. The summed E-state index contributed by atoms with van der Waals surface area (Å²) in [5, 5.41) is 0. The van der Waals surface area contributed by atoms with E-state index in [1.165, 1.54) is 12.1 Å². The van der Waals surface area contributed by atoms with Crippen molar-refractivity contribution in [3.8, 4) is 0 Å². The molecule has 0 saturated heterocycles. The summed E-state index contributed by atoms with van der Waals surface area (Å²) < 4.78 is 12.8. The summed E-state index contributed by atoms with van der Waals surface area (Å²) in [5.74, 6) is -0.579. The van der Waals surface area contributed by atoms with E-state index in [0.29, 0.717) is 13.1 Å². The Labute approximate surface area is 106 Å². The van der Waals surface area contributed by atoms with Crippen LogP contribution < -0.4 is 5.73 Å². The van der Waals surface area contributed by atoms with Crippen LogP contribution in [-0.2, 0) is 0 Å². The van der Waals surface area contributed by atoms with E-state index in [-0.39, 0.29) is 17.6 Å². The molecule has 1 saturated carbocycles. The van der Waals surface area contributed by atoms with E-state index in [9.17, 15) is 9.18 Å². The molecule has 1 amide bonds. The third-order valence-electron chi connectivity index (χ3n) is 3.34. The molecule has 5 heteroatoms. The number of hydrogen-bond acceptors (Lipinski definition) is 3. The van der Waals surface area contributed by atoms with Crippen molar-refractivity contribution in [1.29, 1.82) is 0 Å². The summed E-state index contributed by atoms with van der Waals surface area (Å²) in [6, 6.07) is 2.94. The highest BCUT2D eigenvalue weighted by Crippen LogP contribution is 2.24. The quantitative estimate of drug-likeness (QED) is 0.883. The minimum absolute atomic E-state index is 0.146. The second kappa shape index (κ2) is 5.91. The summed E-state index contributed by atoms with van der Waals surface area (Å²) in [7, 11) is 0. The fraction of sp³-hybridized carbons (Fsp3) is 0.538. The Morgan fingerprint density at radius 3 is 2.72 bits per heavy atom. The minimum atomic E-state index is -0.433. The fourth-order valence-electron chi connectivity index (χ4n) is 2.45. The smallest absolute Gasteiger partial charge is 0.272 e. The SMILES string of the molecule is NCCN(C(=O)c1ccc(F)cn1)C1CCCC1. The van der Waals surface area contributed by atoms with Crippen molar-refractivity contribution < 1.29 is 9.18 Å². The number of nitrogens with two attached hydrogens (primary N) is 1. The van der Waals surface area contributed by atoms with Gasteiger partial charge in [0.2, 0.25) is 0 Å². The van der Waals surface area contributed by atoms with E-state index >= 15 is 0 Å². The first kappa shape index (κ1) is 13.0. The third kappa shape index (κ3) is 2.85. The monoisotopic (exact) mass is 251 g/mol. The zero-order valence-electron chi connectivity index (χ0n) is 10.3. The maximum Gasteiger partial charge on any atom is 0.272 e. The van der Waals surface area contributed by atoms with Gasteiger partial charge < -0.3 is 10.6 Å². The fourth-order valence-corrected chi connectivity index (χ4v) is 2.45. The van der Waals surface area contributed by atoms with Gasteiger partial charge in [0, 0.05) is 19.1 Å². The van der Waals surface area contributed by atoms with E-state index in [4.69, 9.17) is 5.73 Å². The average molecular weight is 251 g/mol. The summed E-state index contributed by atoms with van der Waals surface area (Å²) in [5.41, 5.74) is 5.85. The van der Waals surface area contributed by atoms with Crippen molar-refractivity contribution in [2.24, 2.45) is 5.73 Å². The van der Waals surface area contributed by atoms with Gasteiger partial charge in [-0.1, -0.05) is 12.8 Å². The zero-order chi connectivity index (χ0) is 13.0. The molecule has 0 bridgehead atoms. The van der Waals surface area contributed by atoms with Crippen LogP contribution in [0.1, 0.15) is 36.2 Å². The Balaban J connectivity index is 2.14. The molecule has 0 unspecified atom stereocenters. The predicted octanol–water partition coefficient (Wildman–Crippen LogP) is 1.56. The molecule has 18 heavy (non-hydrogen) atoms. The Hall–Kier alpha value is -1.49. The normalized spacial score (nSPS) is 15.9. The number of amides is 1. The Kier molecular flexibility index (Phi) is 4.25. The highest BCUT2D eigenvalue weighted by molar-refractivity contribution is 5.92. The van der Waals surface area contributed by atoms with Crippen molar-refractivity contribution in [1.82, 2.24) is 9.88 Å². The van der Waals surface area contributed by atoms with E-state index in [1.807, 2.05) is 0 Å². The van der Waals surface area contributed by atoms with Gasteiger partial charge in [-0.2, -0.15) is 0 Å². The molecule has 1 aliphatic carbocycles. The van der Waals surface area contributed by atoms with Crippen molar-refractivity contribution in [2.75, 3.05) is 13.1 Å². The highest BCUT2D eigenvalue weighted by Gasteiger charge is 2.27. The lowest BCUT2D eigenvalue weighted by atomic mass is 10.2. The molecule has 98 valence electrons. The lowest BCUT2D eigenvalue weighted by Gasteiger charge is -2.28. The van der Waals surface area contributed by atoms with Crippen LogP contribution in [0.15, 0.2) is 18.3 Å². The number of aromatic nitrogens is 1. The minimum Gasteiger partial charge on any atom is -0.333 e. The molecular formula is C13H18FN3O. The average Bonchev–Trinajstić information content (AvgIpc) is 2.90. The molecule has 0 radical (unpaired) electrons. The van der Waals surface area contributed by atoms with Gasteiger partial charge in [0.15, 0.2) is 0 Å². The van der Waals surface area contributed by atoms with Gasteiger partial charge in [-0.25, -0.2) is 9.37 Å². The summed E-state index contributed by atoms with van der Waals surface area (Å²) >= 11 is 0. The van der Waals surface area contributed by atoms with Gasteiger partial charge in [-0.05, 0) is 25.0 Å². The molecule has 1 aliphatic rings. The molecule has 2 N–H and O–H groups in total. The maximum absolute atomic E-state index is 12.8. The van der Waals surface area contributed by atoms with Gasteiger partial charge in [0.25, 0.3) is 5.91 Å². The Morgan fingerprint density at radius 2 is 2.17 bits per heavy atom. The van der Waals surface area contributed by atoms with Crippen LogP contribution in [0.5, 0.6) is 0 Å². The van der Waals surface area contributed by atoms with Crippen LogP contribution in [-0.4, -0.2) is 34.9 Å². The third-order valence-corrected chi connectivity index (χ3v) is 3.34. The van der Waals surface area contributed by atoms with E-state index in [2.05, 4.69) is 4.98 Å². The second-order valence-electron chi connectivity index (χ2n) is 4.59. The number of rotatable bonds is 4. The first-order valence-electron chi connectivity index (χ1n) is 6.35. The number of carbonyl (C=O) groups is 1. The second-order valence-corrected chi connectivity index (χ2v) is 4.59. The van der Waals surface area contributed by atoms with Gasteiger partial charge in [-0.15, -0.1) is 0 Å². The maximum atomic E-state index is 12.8. The molecule has 1 heterocycles. The molecule has 0 spiro atoms. The van der Waals surface area contributed by atoms with Crippen LogP contribution >= 0.6 is 0 Å². The van der Waals surface area contributed by atoms with Crippen molar-refractivity contribution in [2.45, 2.75) is 31.7 Å². The molecule has 1 aromatic heterocycles. The van der Waals surface area contributed by atoms with Gasteiger partial charge in [-0.3, -0.25) is 4.79 Å². The number of carbonyl (C=O) groups excluding carboxylic acids is 1. The van der Waals surface area contributed by atoms with Gasteiger partial charge in [0.05, 0.1) is 6.20 Å². The van der Waals surface area contributed by atoms with Crippen LogP contribution in [0.2, 0.25) is 0 Å². The Morgan fingerprint density at radius 1 is 1.44 bits per heavy atom. The zero-order valence-corrected chi connectivity index (χ0v) is 10.3. The van der Waals surface area contributed by atoms with Crippen molar-refractivity contribution in [3.63, 3.8) is 0 Å². The van der Waals surface area contributed by atoms with Crippen LogP contribution in [0, 0.1) is 5.82 Å². The molecule has 4 nitrogen and oxygen atoms in total. The summed E-state index contributed by atoms with van der Waals surface area (Å²) in [6.45, 7) is 0.964. The largest absolute Gasteiger partial charge is 0.333 e. The van der Waals surface area contributed by atoms with E-state index in [0.717, 1.165) is 31.9 Å². The lowest BCUT2D eigenvalue weighted by molar-refractivity contribution is 0.0682. The van der Waals surface area contributed by atoms with E-state index in [1.54, 1.807) is 4.90 Å². The molecule has 0 atom stereocenters. The number of halogens is 1. The Bertz CT molecular complexity index is 401. The summed E-state index contributed by atoms with van der Waals surface area (Å²) in [6.07, 6.45) is 5.41. The first-order chi connectivity index (χ1) is 8.72. The molecule has 0 aromatic carbocycles. The van der Waals surface area contributed by atoms with Crippen molar-refractivity contribution in [3.05, 3.63) is 29.8 Å². The lowest BCUT2D eigenvalue weighted by Crippen LogP contribution is -2.42.